The van der Waals surface area contributed by atoms with Gasteiger partial charge < -0.3 is 10.2 Å². The number of carbonyl (C=O) groups is 1. The minimum absolute atomic E-state index is 0.162. The molecule has 2 aromatic rings. The summed E-state index contributed by atoms with van der Waals surface area (Å²) < 4.78 is 0. The van der Waals surface area contributed by atoms with E-state index < -0.39 is 5.78 Å². The van der Waals surface area contributed by atoms with Crippen LogP contribution in [0.4, 0.5) is 0 Å². The van der Waals surface area contributed by atoms with Gasteiger partial charge in [-0.1, -0.05) is 0 Å². The van der Waals surface area contributed by atoms with Crippen LogP contribution >= 0.6 is 0 Å². The van der Waals surface area contributed by atoms with Gasteiger partial charge in [-0.25, -0.2) is 0 Å². The molecule has 2 aromatic heterocycles. The molecule has 0 N–H and O–H groups in total. The van der Waals surface area contributed by atoms with Crippen molar-refractivity contribution in [2.75, 3.05) is 0 Å². The summed E-state index contributed by atoms with van der Waals surface area (Å²) >= 11 is 0. The van der Waals surface area contributed by atoms with E-state index in [-0.39, 0.29) is 11.6 Å². The minimum atomic E-state index is -0.593. The Morgan fingerprint density at radius 1 is 1.00 bits per heavy atom. The lowest BCUT2D eigenvalue weighted by molar-refractivity contribution is 0.101. The summed E-state index contributed by atoms with van der Waals surface area (Å²) in [5.41, 5.74) is 0. The molecule has 60 valence electrons. The van der Waals surface area contributed by atoms with Crippen LogP contribution in [0.5, 0.6) is 0 Å². The molecule has 0 spiro atoms. The van der Waals surface area contributed by atoms with Gasteiger partial charge in [-0.05, 0) is 0 Å². The monoisotopic (exact) mass is 164 g/mol. The normalized spacial score (nSPS) is 10.0. The van der Waals surface area contributed by atoms with Crippen molar-refractivity contribution in [2.24, 2.45) is 0 Å². The second-order valence-electron chi connectivity index (χ2n) is 1.73. The van der Waals surface area contributed by atoms with Gasteiger partial charge in [0.15, 0.2) is 0 Å². The maximum atomic E-state index is 11.2. The van der Waals surface area contributed by atoms with Crippen molar-refractivity contribution in [2.45, 2.75) is 0 Å². The molecule has 0 amide bonds. The van der Waals surface area contributed by atoms with Crippen LogP contribution in [0.15, 0.2) is 0 Å². The van der Waals surface area contributed by atoms with Crippen LogP contribution in [0, 0.1) is 0 Å². The Kier molecular flexibility index (Phi) is 1.33. The topological polar surface area (TPSA) is 123 Å². The Morgan fingerprint density at radius 2 is 1.50 bits per heavy atom. The second kappa shape index (κ2) is 2.45. The van der Waals surface area contributed by atoms with Gasteiger partial charge in [0.25, 0.3) is 0 Å². The molecule has 9 nitrogen and oxygen atoms in total. The molecule has 0 aliphatic rings. The summed E-state index contributed by atoms with van der Waals surface area (Å²) in [6, 6.07) is 0. The van der Waals surface area contributed by atoms with Gasteiger partial charge in [-0.15, -0.1) is 0 Å². The third-order valence-corrected chi connectivity index (χ3v) is 1.04. The van der Waals surface area contributed by atoms with E-state index >= 15 is 0 Å². The van der Waals surface area contributed by atoms with Crippen molar-refractivity contribution in [1.82, 2.24) is 41.2 Å². The van der Waals surface area contributed by atoms with Gasteiger partial charge in [0.2, 0.25) is 5.78 Å². The first-order valence-corrected chi connectivity index (χ1v) is 2.80. The fraction of sp³-hybridized carbons (Fsp3) is 0. The third-order valence-electron chi connectivity index (χ3n) is 1.04. The largest absolute Gasteiger partial charge is 0.327 e. The molecule has 0 saturated carbocycles. The van der Waals surface area contributed by atoms with Gasteiger partial charge >= 0.3 is 0 Å². The highest BCUT2D eigenvalue weighted by Crippen LogP contribution is 1.91. The van der Waals surface area contributed by atoms with Crippen LogP contribution in [0.3, 0.4) is 0 Å². The number of hydrogen-bond donors (Lipinski definition) is 0. The van der Waals surface area contributed by atoms with Crippen LogP contribution < -0.4 is 10.2 Å². The molecule has 0 bridgehead atoms. The molecule has 2 heterocycles. The molecule has 0 aliphatic carbocycles. The predicted molar refractivity (Wildman–Crippen MR) is 29.7 cm³/mol. The molecule has 0 aromatic carbocycles. The smallest absolute Gasteiger partial charge is 0.207 e. The molecule has 9 heteroatoms. The van der Waals surface area contributed by atoms with Crippen LogP contribution in [0.2, 0.25) is 0 Å². The number of aromatic nitrogens is 8. The molecule has 2 rings (SSSR count). The molecule has 0 unspecified atom stereocenters. The molecular formula is C3N8O-2. The molecule has 0 radical (unpaired) electrons. The van der Waals surface area contributed by atoms with Crippen molar-refractivity contribution in [3.8, 4) is 0 Å². The Bertz CT molecular complexity index is 325. The fourth-order valence-electron chi connectivity index (χ4n) is 0.571. The van der Waals surface area contributed by atoms with E-state index in [0.29, 0.717) is 0 Å². The van der Waals surface area contributed by atoms with E-state index in [1.54, 1.807) is 0 Å². The zero-order valence-electron chi connectivity index (χ0n) is 5.49. The van der Waals surface area contributed by atoms with Gasteiger partial charge in [0, 0.05) is 0 Å². The Hall–Kier alpha value is -2.19. The zero-order valence-corrected chi connectivity index (χ0v) is 5.49. The molecular weight excluding hydrogens is 164 g/mol. The van der Waals surface area contributed by atoms with Crippen LogP contribution in [0.25, 0.3) is 0 Å². The van der Waals surface area contributed by atoms with E-state index in [9.17, 15) is 4.79 Å². The molecule has 0 fully saturated rings. The van der Waals surface area contributed by atoms with E-state index in [1.165, 1.54) is 0 Å². The molecule has 12 heavy (non-hydrogen) atoms. The first kappa shape index (κ1) is 6.52. The first-order valence-electron chi connectivity index (χ1n) is 2.80. The number of carbonyl (C=O) groups excluding carboxylic acids is 1. The highest BCUT2D eigenvalue weighted by Gasteiger charge is 2.04. The van der Waals surface area contributed by atoms with Crippen LogP contribution in [-0.4, -0.2) is 36.8 Å². The van der Waals surface area contributed by atoms with E-state index in [1.807, 2.05) is 0 Å². The lowest BCUT2D eigenvalue weighted by atomic mass is 10.4. The first-order chi connectivity index (χ1) is 5.88. The second-order valence-corrected chi connectivity index (χ2v) is 1.73. The Balaban J connectivity index is 2.34. The SMILES string of the molecule is O=C(c1nnn[n-]1)c1nnn[n-]1. The number of ketones is 1. The summed E-state index contributed by atoms with van der Waals surface area (Å²) in [5, 5.41) is 25.8. The lowest BCUT2D eigenvalue weighted by Crippen LogP contribution is -2.08. The predicted octanol–water partition coefficient (Wildman–Crippen LogP) is -2.80. The fourth-order valence-corrected chi connectivity index (χ4v) is 0.571. The molecule has 0 atom stereocenters. The maximum Gasteiger partial charge on any atom is 0.207 e. The number of tetrazole rings is 2. The summed E-state index contributed by atoms with van der Waals surface area (Å²) in [6.45, 7) is 0. The minimum Gasteiger partial charge on any atom is -0.327 e. The lowest BCUT2D eigenvalue weighted by Gasteiger charge is -1.95. The average molecular weight is 164 g/mol. The number of hydrogen-bond acceptors (Lipinski definition) is 7. The van der Waals surface area contributed by atoms with Crippen molar-refractivity contribution >= 4 is 5.78 Å². The van der Waals surface area contributed by atoms with Gasteiger partial charge in [0.1, 0.15) is 0 Å². The average Bonchev–Trinajstić information content (AvgIpc) is 2.77. The van der Waals surface area contributed by atoms with Crippen LogP contribution in [-0.2, 0) is 0 Å². The Morgan fingerprint density at radius 3 is 1.83 bits per heavy atom. The molecule has 0 saturated heterocycles. The van der Waals surface area contributed by atoms with Crippen molar-refractivity contribution in [3.63, 3.8) is 0 Å². The van der Waals surface area contributed by atoms with Gasteiger partial charge in [-0.2, -0.15) is 10.4 Å². The number of rotatable bonds is 2. The quantitative estimate of drug-likeness (QED) is 0.433. The summed E-state index contributed by atoms with van der Waals surface area (Å²) in [6.07, 6.45) is 0. The van der Waals surface area contributed by atoms with Gasteiger partial charge in [-0.3, -0.25) is 25.4 Å². The summed E-state index contributed by atoms with van der Waals surface area (Å²) in [5.74, 6) is -0.917. The highest BCUT2D eigenvalue weighted by molar-refractivity contribution is 6.03. The van der Waals surface area contributed by atoms with E-state index in [0.717, 1.165) is 0 Å². The van der Waals surface area contributed by atoms with E-state index in [2.05, 4.69) is 41.2 Å². The standard InChI is InChI=1S/C3HN8O/c12-1(2-4-8-9-5-2)3-6-10-11-7-3/h(H-,4,5,6,7,8,9,10,11,12)/q-1/p-1. The van der Waals surface area contributed by atoms with Crippen molar-refractivity contribution in [1.29, 1.82) is 0 Å². The van der Waals surface area contributed by atoms with E-state index in [4.69, 9.17) is 0 Å². The van der Waals surface area contributed by atoms with Gasteiger partial charge in [0.05, 0.1) is 11.6 Å². The van der Waals surface area contributed by atoms with Crippen molar-refractivity contribution in [3.05, 3.63) is 11.6 Å². The third kappa shape index (κ3) is 0.923. The molecule has 0 aliphatic heterocycles. The Labute approximate surface area is 64.6 Å². The highest BCUT2D eigenvalue weighted by atomic mass is 16.1. The zero-order chi connectivity index (χ0) is 8.39. The maximum absolute atomic E-state index is 11.2. The van der Waals surface area contributed by atoms with Crippen LogP contribution in [0.1, 0.15) is 16.4 Å². The number of nitrogens with zero attached hydrogens (tertiary/aromatic N) is 8. The summed E-state index contributed by atoms with van der Waals surface area (Å²) in [7, 11) is 0. The summed E-state index contributed by atoms with van der Waals surface area (Å²) in [4.78, 5) is 11.2. The van der Waals surface area contributed by atoms with Crippen molar-refractivity contribution < 1.29 is 4.79 Å².